The SMILES string of the molecule is C=CCN(C(=O)[C@H]1CS[C@@]2(C)CCC(=O)N12)c1nc(-c2ccccc2)cs1. The lowest BCUT2D eigenvalue weighted by Crippen LogP contribution is -2.51. The van der Waals surface area contributed by atoms with Gasteiger partial charge in [-0.1, -0.05) is 36.4 Å². The van der Waals surface area contributed by atoms with Crippen molar-refractivity contribution in [1.29, 1.82) is 0 Å². The first-order chi connectivity index (χ1) is 13.0. The number of amides is 2. The molecule has 2 saturated heterocycles. The highest BCUT2D eigenvalue weighted by molar-refractivity contribution is 8.01. The van der Waals surface area contributed by atoms with Crippen LogP contribution < -0.4 is 4.90 Å². The van der Waals surface area contributed by atoms with E-state index in [1.165, 1.54) is 11.3 Å². The van der Waals surface area contributed by atoms with Crippen LogP contribution in [0.1, 0.15) is 19.8 Å². The molecule has 0 bridgehead atoms. The van der Waals surface area contributed by atoms with Gasteiger partial charge in [0.25, 0.3) is 5.91 Å². The molecule has 2 atom stereocenters. The number of benzene rings is 1. The van der Waals surface area contributed by atoms with Crippen molar-refractivity contribution >= 4 is 40.0 Å². The molecule has 0 spiro atoms. The Morgan fingerprint density at radius 1 is 1.44 bits per heavy atom. The standard InChI is InChI=1S/C20H21N3O2S2/c1-3-11-22(19-21-15(12-26-19)14-7-5-4-6-8-14)18(25)16-13-27-20(2)10-9-17(24)23(16)20/h3-8,12,16H,1,9-11,13H2,2H3/t16-,20+/m1/s1. The molecule has 27 heavy (non-hydrogen) atoms. The van der Waals surface area contributed by atoms with E-state index in [-0.39, 0.29) is 16.7 Å². The van der Waals surface area contributed by atoms with E-state index in [1.807, 2.05) is 35.7 Å². The summed E-state index contributed by atoms with van der Waals surface area (Å²) in [6.45, 7) is 6.23. The third-order valence-electron chi connectivity index (χ3n) is 5.10. The summed E-state index contributed by atoms with van der Waals surface area (Å²) < 4.78 is 0. The summed E-state index contributed by atoms with van der Waals surface area (Å²) in [7, 11) is 0. The van der Waals surface area contributed by atoms with Crippen LogP contribution in [-0.2, 0) is 9.59 Å². The van der Waals surface area contributed by atoms with E-state index in [2.05, 4.69) is 18.5 Å². The minimum atomic E-state index is -0.431. The van der Waals surface area contributed by atoms with Crippen LogP contribution in [0.5, 0.6) is 0 Å². The smallest absolute Gasteiger partial charge is 0.252 e. The Morgan fingerprint density at radius 3 is 2.96 bits per heavy atom. The molecule has 7 heteroatoms. The number of thiazole rings is 1. The highest BCUT2D eigenvalue weighted by Crippen LogP contribution is 2.47. The number of carbonyl (C=O) groups excluding carboxylic acids is 2. The molecule has 0 radical (unpaired) electrons. The lowest BCUT2D eigenvalue weighted by atomic mass is 10.2. The van der Waals surface area contributed by atoms with Gasteiger partial charge in [-0.05, 0) is 13.3 Å². The third kappa shape index (κ3) is 3.19. The van der Waals surface area contributed by atoms with E-state index < -0.39 is 6.04 Å². The fraction of sp³-hybridized carbons (Fsp3) is 0.350. The van der Waals surface area contributed by atoms with Gasteiger partial charge in [-0.3, -0.25) is 14.5 Å². The molecule has 2 aliphatic rings. The molecule has 0 aliphatic carbocycles. The number of fused-ring (bicyclic) bond motifs is 1. The van der Waals surface area contributed by atoms with Crippen molar-refractivity contribution in [2.75, 3.05) is 17.2 Å². The van der Waals surface area contributed by atoms with Crippen LogP contribution in [0.3, 0.4) is 0 Å². The van der Waals surface area contributed by atoms with Crippen molar-refractivity contribution in [3.8, 4) is 11.3 Å². The predicted octanol–water partition coefficient (Wildman–Crippen LogP) is 3.78. The summed E-state index contributed by atoms with van der Waals surface area (Å²) in [5.41, 5.74) is 1.87. The second-order valence-electron chi connectivity index (χ2n) is 6.88. The fourth-order valence-electron chi connectivity index (χ4n) is 3.70. The number of rotatable bonds is 5. The Hall–Kier alpha value is -2.12. The van der Waals surface area contributed by atoms with Crippen LogP contribution in [0.25, 0.3) is 11.3 Å². The summed E-state index contributed by atoms with van der Waals surface area (Å²) in [6, 6.07) is 9.47. The van der Waals surface area contributed by atoms with Gasteiger partial charge in [-0.2, -0.15) is 0 Å². The van der Waals surface area contributed by atoms with E-state index in [9.17, 15) is 9.59 Å². The molecular weight excluding hydrogens is 378 g/mol. The van der Waals surface area contributed by atoms with Crippen LogP contribution in [0.2, 0.25) is 0 Å². The lowest BCUT2D eigenvalue weighted by Gasteiger charge is -2.32. The first-order valence-electron chi connectivity index (χ1n) is 8.93. The lowest BCUT2D eigenvalue weighted by molar-refractivity contribution is -0.136. The molecule has 4 rings (SSSR count). The van der Waals surface area contributed by atoms with Crippen molar-refractivity contribution in [2.45, 2.75) is 30.7 Å². The van der Waals surface area contributed by atoms with Gasteiger partial charge >= 0.3 is 0 Å². The van der Waals surface area contributed by atoms with Crippen LogP contribution in [0.4, 0.5) is 5.13 Å². The van der Waals surface area contributed by atoms with Gasteiger partial charge in [0.05, 0.1) is 10.6 Å². The molecule has 0 N–H and O–H groups in total. The van der Waals surface area contributed by atoms with E-state index in [0.717, 1.165) is 17.7 Å². The van der Waals surface area contributed by atoms with E-state index in [1.54, 1.807) is 27.6 Å². The maximum Gasteiger partial charge on any atom is 0.252 e. The predicted molar refractivity (Wildman–Crippen MR) is 111 cm³/mol. The van der Waals surface area contributed by atoms with E-state index in [0.29, 0.717) is 23.8 Å². The molecule has 2 aliphatic heterocycles. The Balaban J connectivity index is 1.62. The molecule has 2 fully saturated rings. The molecule has 2 aromatic rings. The zero-order valence-corrected chi connectivity index (χ0v) is 16.8. The van der Waals surface area contributed by atoms with Crippen LogP contribution in [-0.4, -0.2) is 44.9 Å². The van der Waals surface area contributed by atoms with Crippen molar-refractivity contribution in [3.05, 3.63) is 48.4 Å². The number of hydrogen-bond donors (Lipinski definition) is 0. The first-order valence-corrected chi connectivity index (χ1v) is 10.8. The second-order valence-corrected chi connectivity index (χ2v) is 9.22. The van der Waals surface area contributed by atoms with Gasteiger partial charge in [0.1, 0.15) is 6.04 Å². The zero-order valence-electron chi connectivity index (χ0n) is 15.1. The van der Waals surface area contributed by atoms with Gasteiger partial charge in [-0.15, -0.1) is 29.7 Å². The summed E-state index contributed by atoms with van der Waals surface area (Å²) >= 11 is 3.14. The highest BCUT2D eigenvalue weighted by atomic mass is 32.2. The average Bonchev–Trinajstić information content (AvgIpc) is 3.36. The Morgan fingerprint density at radius 2 is 2.22 bits per heavy atom. The first kappa shape index (κ1) is 18.3. The Kier molecular flexibility index (Phi) is 4.82. The molecule has 5 nitrogen and oxygen atoms in total. The molecule has 140 valence electrons. The molecule has 2 amide bonds. The third-order valence-corrected chi connectivity index (χ3v) is 7.47. The van der Waals surface area contributed by atoms with Gasteiger partial charge in [0, 0.05) is 29.7 Å². The second kappa shape index (κ2) is 7.13. The largest absolute Gasteiger partial charge is 0.315 e. The highest BCUT2D eigenvalue weighted by Gasteiger charge is 2.53. The van der Waals surface area contributed by atoms with Crippen LogP contribution in [0, 0.1) is 0 Å². The monoisotopic (exact) mass is 399 g/mol. The maximum atomic E-state index is 13.3. The topological polar surface area (TPSA) is 53.5 Å². The van der Waals surface area contributed by atoms with Gasteiger partial charge < -0.3 is 4.90 Å². The zero-order chi connectivity index (χ0) is 19.0. The number of nitrogens with zero attached hydrogens (tertiary/aromatic N) is 3. The van der Waals surface area contributed by atoms with Crippen LogP contribution >= 0.6 is 23.1 Å². The maximum absolute atomic E-state index is 13.3. The molecular formula is C20H21N3O2S2. The number of carbonyl (C=O) groups is 2. The van der Waals surface area contributed by atoms with Gasteiger partial charge in [0.15, 0.2) is 5.13 Å². The minimum absolute atomic E-state index is 0.0727. The number of aromatic nitrogens is 1. The summed E-state index contributed by atoms with van der Waals surface area (Å²) in [6.07, 6.45) is 3.02. The molecule has 3 heterocycles. The van der Waals surface area contributed by atoms with Crippen molar-refractivity contribution in [2.24, 2.45) is 0 Å². The van der Waals surface area contributed by atoms with Crippen LogP contribution in [0.15, 0.2) is 48.4 Å². The average molecular weight is 400 g/mol. The van der Waals surface area contributed by atoms with Crippen molar-refractivity contribution in [1.82, 2.24) is 9.88 Å². The quantitative estimate of drug-likeness (QED) is 0.718. The minimum Gasteiger partial charge on any atom is -0.315 e. The summed E-state index contributed by atoms with van der Waals surface area (Å²) in [5.74, 6) is 0.630. The Bertz CT molecular complexity index is 882. The summed E-state index contributed by atoms with van der Waals surface area (Å²) in [4.78, 5) is 33.6. The molecule has 1 aromatic carbocycles. The molecule has 0 saturated carbocycles. The van der Waals surface area contributed by atoms with Gasteiger partial charge in [-0.25, -0.2) is 4.98 Å². The molecule has 1 aromatic heterocycles. The van der Waals surface area contributed by atoms with Crippen molar-refractivity contribution in [3.63, 3.8) is 0 Å². The number of anilines is 1. The summed E-state index contributed by atoms with van der Waals surface area (Å²) in [5, 5.41) is 2.60. The normalized spacial score (nSPS) is 24.1. The van der Waals surface area contributed by atoms with Crippen molar-refractivity contribution < 1.29 is 9.59 Å². The number of thioether (sulfide) groups is 1. The Labute approximate surface area is 167 Å². The van der Waals surface area contributed by atoms with E-state index in [4.69, 9.17) is 0 Å². The fourth-order valence-corrected chi connectivity index (χ4v) is 5.98. The van der Waals surface area contributed by atoms with E-state index >= 15 is 0 Å². The van der Waals surface area contributed by atoms with Gasteiger partial charge in [0.2, 0.25) is 5.91 Å². The molecule has 0 unspecified atom stereocenters. The number of hydrogen-bond acceptors (Lipinski definition) is 5.